The SMILES string of the molecule is CN(CC(=O)Nc1ccccc1Br)c1ncnc2sccc12. The van der Waals surface area contributed by atoms with Crippen LogP contribution in [-0.4, -0.2) is 29.5 Å². The number of hydrogen-bond acceptors (Lipinski definition) is 5. The number of carbonyl (C=O) groups excluding carboxylic acids is 1. The van der Waals surface area contributed by atoms with Gasteiger partial charge >= 0.3 is 0 Å². The van der Waals surface area contributed by atoms with Gasteiger partial charge in [-0.15, -0.1) is 11.3 Å². The summed E-state index contributed by atoms with van der Waals surface area (Å²) in [5.74, 6) is 0.657. The molecular formula is C15H13BrN4OS. The fraction of sp³-hybridized carbons (Fsp3) is 0.133. The summed E-state index contributed by atoms with van der Waals surface area (Å²) < 4.78 is 0.855. The number of nitrogens with one attached hydrogen (secondary N) is 1. The largest absolute Gasteiger partial charge is 0.350 e. The second-order valence-electron chi connectivity index (χ2n) is 4.72. The Morgan fingerprint density at radius 1 is 1.32 bits per heavy atom. The summed E-state index contributed by atoms with van der Waals surface area (Å²) in [6, 6.07) is 9.49. The van der Waals surface area contributed by atoms with Gasteiger partial charge < -0.3 is 10.2 Å². The minimum Gasteiger partial charge on any atom is -0.350 e. The van der Waals surface area contributed by atoms with Crippen molar-refractivity contribution in [3.63, 3.8) is 0 Å². The number of thiophene rings is 1. The number of fused-ring (bicyclic) bond motifs is 1. The number of nitrogens with zero attached hydrogens (tertiary/aromatic N) is 3. The molecule has 0 atom stereocenters. The van der Waals surface area contributed by atoms with Crippen molar-refractivity contribution in [2.75, 3.05) is 23.8 Å². The van der Waals surface area contributed by atoms with Crippen LogP contribution in [0.25, 0.3) is 10.2 Å². The van der Waals surface area contributed by atoms with Crippen LogP contribution in [0.2, 0.25) is 0 Å². The van der Waals surface area contributed by atoms with Crippen molar-refractivity contribution < 1.29 is 4.79 Å². The van der Waals surface area contributed by atoms with Gasteiger partial charge in [0.1, 0.15) is 17.0 Å². The van der Waals surface area contributed by atoms with Crippen LogP contribution >= 0.6 is 27.3 Å². The molecule has 0 unspecified atom stereocenters. The van der Waals surface area contributed by atoms with Crippen LogP contribution in [0, 0.1) is 0 Å². The summed E-state index contributed by atoms with van der Waals surface area (Å²) in [7, 11) is 1.85. The van der Waals surface area contributed by atoms with Crippen molar-refractivity contribution in [2.45, 2.75) is 0 Å². The number of para-hydroxylation sites is 1. The molecule has 7 heteroatoms. The van der Waals surface area contributed by atoms with E-state index in [1.54, 1.807) is 11.3 Å². The molecule has 5 nitrogen and oxygen atoms in total. The lowest BCUT2D eigenvalue weighted by molar-refractivity contribution is -0.114. The Morgan fingerprint density at radius 3 is 2.95 bits per heavy atom. The van der Waals surface area contributed by atoms with Crippen molar-refractivity contribution in [1.82, 2.24) is 9.97 Å². The van der Waals surface area contributed by atoms with Gasteiger partial charge in [-0.1, -0.05) is 12.1 Å². The van der Waals surface area contributed by atoms with E-state index < -0.39 is 0 Å². The zero-order valence-corrected chi connectivity index (χ0v) is 14.2. The fourth-order valence-electron chi connectivity index (χ4n) is 2.12. The molecule has 22 heavy (non-hydrogen) atoms. The molecule has 112 valence electrons. The molecule has 0 aliphatic carbocycles. The van der Waals surface area contributed by atoms with Crippen molar-refractivity contribution in [2.24, 2.45) is 0 Å². The van der Waals surface area contributed by atoms with E-state index in [-0.39, 0.29) is 12.5 Å². The number of carbonyl (C=O) groups is 1. The molecule has 0 saturated carbocycles. The third kappa shape index (κ3) is 3.10. The summed E-state index contributed by atoms with van der Waals surface area (Å²) in [5.41, 5.74) is 0.754. The molecule has 0 bridgehead atoms. The molecule has 2 aromatic heterocycles. The quantitative estimate of drug-likeness (QED) is 0.756. The van der Waals surface area contributed by atoms with E-state index in [9.17, 15) is 4.79 Å². The van der Waals surface area contributed by atoms with Gasteiger partial charge in [-0.3, -0.25) is 4.79 Å². The van der Waals surface area contributed by atoms with Gasteiger partial charge in [0, 0.05) is 11.5 Å². The van der Waals surface area contributed by atoms with Gasteiger partial charge in [0.15, 0.2) is 0 Å². The molecule has 0 fully saturated rings. The van der Waals surface area contributed by atoms with E-state index in [2.05, 4.69) is 31.2 Å². The molecule has 0 radical (unpaired) electrons. The summed E-state index contributed by atoms with van der Waals surface area (Å²) in [5, 5.41) is 5.82. The molecular weight excluding hydrogens is 364 g/mol. The number of likely N-dealkylation sites (N-methyl/N-ethyl adjacent to an activating group) is 1. The summed E-state index contributed by atoms with van der Waals surface area (Å²) in [6.07, 6.45) is 1.52. The van der Waals surface area contributed by atoms with Crippen molar-refractivity contribution in [3.8, 4) is 0 Å². The maximum atomic E-state index is 12.2. The van der Waals surface area contributed by atoms with E-state index in [1.807, 2.05) is 47.7 Å². The van der Waals surface area contributed by atoms with Crippen LogP contribution in [0.3, 0.4) is 0 Å². The number of halogens is 1. The molecule has 1 amide bonds. The zero-order chi connectivity index (χ0) is 15.5. The lowest BCUT2D eigenvalue weighted by Crippen LogP contribution is -2.30. The van der Waals surface area contributed by atoms with E-state index in [1.165, 1.54) is 6.33 Å². The van der Waals surface area contributed by atoms with Crippen molar-refractivity contribution in [3.05, 3.63) is 46.5 Å². The molecule has 0 aliphatic rings. The second kappa shape index (κ2) is 6.41. The average molecular weight is 377 g/mol. The molecule has 0 aliphatic heterocycles. The molecule has 3 aromatic rings. The Hall–Kier alpha value is -1.99. The first kappa shape index (κ1) is 14.9. The molecule has 1 N–H and O–H groups in total. The Bertz CT molecular complexity index is 820. The summed E-state index contributed by atoms with van der Waals surface area (Å²) in [4.78, 5) is 23.5. The number of benzene rings is 1. The monoisotopic (exact) mass is 376 g/mol. The number of aromatic nitrogens is 2. The van der Waals surface area contributed by atoms with Crippen molar-refractivity contribution in [1.29, 1.82) is 0 Å². The van der Waals surface area contributed by atoms with Crippen molar-refractivity contribution >= 4 is 54.9 Å². The fourth-order valence-corrected chi connectivity index (χ4v) is 3.23. The standard InChI is InChI=1S/C15H13BrN4OS/c1-20(14-10-6-7-22-15(10)18-9-17-14)8-13(21)19-12-5-3-2-4-11(12)16/h2-7,9H,8H2,1H3,(H,19,21). The highest BCUT2D eigenvalue weighted by molar-refractivity contribution is 9.10. The first-order chi connectivity index (χ1) is 10.6. The van der Waals surface area contributed by atoms with Crippen LogP contribution in [0.5, 0.6) is 0 Å². The lowest BCUT2D eigenvalue weighted by atomic mass is 10.3. The van der Waals surface area contributed by atoms with Gasteiger partial charge in [0.05, 0.1) is 17.6 Å². The maximum Gasteiger partial charge on any atom is 0.243 e. The minimum absolute atomic E-state index is 0.101. The van der Waals surface area contributed by atoms with Gasteiger partial charge in [-0.05, 0) is 39.5 Å². The van der Waals surface area contributed by atoms with Crippen LogP contribution in [0.1, 0.15) is 0 Å². The van der Waals surface area contributed by atoms with E-state index >= 15 is 0 Å². The summed E-state index contributed by atoms with van der Waals surface area (Å²) in [6.45, 7) is 0.212. The predicted molar refractivity (Wildman–Crippen MR) is 93.5 cm³/mol. The van der Waals surface area contributed by atoms with Crippen LogP contribution in [0.15, 0.2) is 46.5 Å². The van der Waals surface area contributed by atoms with E-state index in [4.69, 9.17) is 0 Å². The molecule has 2 heterocycles. The summed E-state index contributed by atoms with van der Waals surface area (Å²) >= 11 is 4.97. The highest BCUT2D eigenvalue weighted by Crippen LogP contribution is 2.26. The normalized spacial score (nSPS) is 10.6. The first-order valence-electron chi connectivity index (χ1n) is 6.59. The van der Waals surface area contributed by atoms with Crippen LogP contribution < -0.4 is 10.2 Å². The third-order valence-corrected chi connectivity index (χ3v) is 4.64. The first-order valence-corrected chi connectivity index (χ1v) is 8.26. The minimum atomic E-state index is -0.101. The number of amides is 1. The average Bonchev–Trinajstić information content (AvgIpc) is 2.97. The highest BCUT2D eigenvalue weighted by atomic mass is 79.9. The van der Waals surface area contributed by atoms with Crippen LogP contribution in [0.4, 0.5) is 11.5 Å². The second-order valence-corrected chi connectivity index (χ2v) is 6.47. The number of rotatable bonds is 4. The molecule has 0 spiro atoms. The highest BCUT2D eigenvalue weighted by Gasteiger charge is 2.13. The predicted octanol–water partition coefficient (Wildman–Crippen LogP) is 3.53. The van der Waals surface area contributed by atoms with E-state index in [0.29, 0.717) is 0 Å². The molecule has 1 aromatic carbocycles. The molecule has 3 rings (SSSR count). The lowest BCUT2D eigenvalue weighted by Gasteiger charge is -2.18. The van der Waals surface area contributed by atoms with Crippen LogP contribution in [-0.2, 0) is 4.79 Å². The topological polar surface area (TPSA) is 58.1 Å². The zero-order valence-electron chi connectivity index (χ0n) is 11.8. The Morgan fingerprint density at radius 2 is 2.14 bits per heavy atom. The Kier molecular flexibility index (Phi) is 4.35. The van der Waals surface area contributed by atoms with Gasteiger partial charge in [0.25, 0.3) is 0 Å². The Labute approximate surface area is 140 Å². The van der Waals surface area contributed by atoms with Gasteiger partial charge in [-0.2, -0.15) is 0 Å². The Balaban J connectivity index is 1.74. The van der Waals surface area contributed by atoms with Gasteiger partial charge in [-0.25, -0.2) is 9.97 Å². The molecule has 0 saturated heterocycles. The van der Waals surface area contributed by atoms with Gasteiger partial charge in [0.2, 0.25) is 5.91 Å². The maximum absolute atomic E-state index is 12.2. The smallest absolute Gasteiger partial charge is 0.243 e. The third-order valence-electron chi connectivity index (χ3n) is 3.13. The number of anilines is 2. The van der Waals surface area contributed by atoms with E-state index in [0.717, 1.165) is 26.2 Å². The number of hydrogen-bond donors (Lipinski definition) is 1.